The van der Waals surface area contributed by atoms with Crippen molar-refractivity contribution in [3.8, 4) is 5.75 Å². The number of carbonyl (C=O) groups is 2. The van der Waals surface area contributed by atoms with Crippen LogP contribution in [0.3, 0.4) is 0 Å². The van der Waals surface area contributed by atoms with Crippen molar-refractivity contribution < 1.29 is 19.1 Å². The number of methoxy groups -OCH3 is 1. The van der Waals surface area contributed by atoms with Gasteiger partial charge in [0.05, 0.1) is 18.4 Å². The fraction of sp³-hybridized carbons (Fsp3) is 0.263. The first kappa shape index (κ1) is 20.1. The summed E-state index contributed by atoms with van der Waals surface area (Å²) in [7, 11) is 4.94. The molecule has 0 aromatic heterocycles. The molecule has 0 atom stereocenters. The number of thioether (sulfide) groups is 1. The lowest BCUT2D eigenvalue weighted by molar-refractivity contribution is -0.125. The van der Waals surface area contributed by atoms with Crippen molar-refractivity contribution in [1.29, 1.82) is 0 Å². The maximum absolute atomic E-state index is 12.5. The normalized spacial score (nSPS) is 10.3. The Labute approximate surface area is 162 Å². The van der Waals surface area contributed by atoms with Crippen molar-refractivity contribution in [2.75, 3.05) is 27.0 Å². The molecule has 0 saturated carbocycles. The first-order chi connectivity index (χ1) is 12.4. The van der Waals surface area contributed by atoms with E-state index >= 15 is 0 Å². The highest BCUT2D eigenvalue weighted by Gasteiger charge is 2.16. The van der Waals surface area contributed by atoms with Gasteiger partial charge in [-0.1, -0.05) is 23.7 Å². The summed E-state index contributed by atoms with van der Waals surface area (Å²) in [6.45, 7) is 0.0399. The van der Waals surface area contributed by atoms with Crippen LogP contribution in [0.15, 0.2) is 47.4 Å². The minimum Gasteiger partial charge on any atom is -0.496 e. The van der Waals surface area contributed by atoms with Crippen molar-refractivity contribution in [2.24, 2.45) is 0 Å². The number of ether oxygens (including phenoxy) is 2. The van der Waals surface area contributed by atoms with Gasteiger partial charge in [-0.2, -0.15) is 0 Å². The number of carbonyl (C=O) groups excluding carboxylic acids is 2. The molecule has 0 aliphatic heterocycles. The van der Waals surface area contributed by atoms with Crippen molar-refractivity contribution >= 4 is 35.2 Å². The van der Waals surface area contributed by atoms with Crippen molar-refractivity contribution in [3.05, 3.63) is 58.6 Å². The Bertz CT molecular complexity index is 795. The molecule has 2 rings (SSSR count). The summed E-state index contributed by atoms with van der Waals surface area (Å²) in [4.78, 5) is 26.5. The van der Waals surface area contributed by atoms with E-state index in [1.54, 1.807) is 57.6 Å². The summed E-state index contributed by atoms with van der Waals surface area (Å²) in [5.41, 5.74) is 1.10. The molecule has 0 aliphatic rings. The van der Waals surface area contributed by atoms with Crippen LogP contribution in [0, 0.1) is 0 Å². The zero-order valence-electron chi connectivity index (χ0n) is 14.8. The highest BCUT2D eigenvalue weighted by Crippen LogP contribution is 2.26. The van der Waals surface area contributed by atoms with E-state index in [9.17, 15) is 9.59 Å². The zero-order chi connectivity index (χ0) is 19.1. The van der Waals surface area contributed by atoms with Gasteiger partial charge in [0, 0.05) is 29.6 Å². The Hall–Kier alpha value is -2.18. The summed E-state index contributed by atoms with van der Waals surface area (Å²) in [6, 6.07) is 12.2. The molecule has 2 aromatic rings. The maximum Gasteiger partial charge on any atom is 0.339 e. The maximum atomic E-state index is 12.5. The molecule has 0 unspecified atom stereocenters. The van der Waals surface area contributed by atoms with Gasteiger partial charge in [0.25, 0.3) is 0 Å². The van der Waals surface area contributed by atoms with Crippen LogP contribution in [-0.4, -0.2) is 43.7 Å². The smallest absolute Gasteiger partial charge is 0.339 e. The molecule has 138 valence electrons. The lowest BCUT2D eigenvalue weighted by Crippen LogP contribution is -2.23. The lowest BCUT2D eigenvalue weighted by atomic mass is 10.2. The third-order valence-corrected chi connectivity index (χ3v) is 4.85. The van der Waals surface area contributed by atoms with Crippen LogP contribution in [-0.2, 0) is 16.1 Å². The van der Waals surface area contributed by atoms with Crippen LogP contribution < -0.4 is 4.74 Å². The monoisotopic (exact) mass is 393 g/mol. The minimum absolute atomic E-state index is 0.0261. The summed E-state index contributed by atoms with van der Waals surface area (Å²) >= 11 is 7.30. The van der Waals surface area contributed by atoms with Gasteiger partial charge < -0.3 is 14.4 Å². The molecule has 5 nitrogen and oxygen atoms in total. The van der Waals surface area contributed by atoms with E-state index in [-0.39, 0.29) is 18.3 Å². The van der Waals surface area contributed by atoms with Gasteiger partial charge in [-0.25, -0.2) is 4.79 Å². The Kier molecular flexibility index (Phi) is 7.36. The number of hydrogen-bond donors (Lipinski definition) is 0. The van der Waals surface area contributed by atoms with E-state index in [1.807, 2.05) is 6.07 Å². The third-order valence-electron chi connectivity index (χ3n) is 3.56. The average Bonchev–Trinajstić information content (AvgIpc) is 2.64. The molecule has 0 heterocycles. The summed E-state index contributed by atoms with van der Waals surface area (Å²) < 4.78 is 10.7. The summed E-state index contributed by atoms with van der Waals surface area (Å²) in [5, 5.41) is 0.537. The molecule has 0 aliphatic carbocycles. The van der Waals surface area contributed by atoms with Crippen LogP contribution in [0.5, 0.6) is 5.75 Å². The van der Waals surface area contributed by atoms with Gasteiger partial charge in [-0.3, -0.25) is 4.79 Å². The number of nitrogens with zero attached hydrogens (tertiary/aromatic N) is 1. The van der Waals surface area contributed by atoms with Crippen LogP contribution in [0.2, 0.25) is 5.02 Å². The molecule has 1 amide bonds. The second kappa shape index (κ2) is 9.50. The molecule has 2 aromatic carbocycles. The molecule has 7 heteroatoms. The topological polar surface area (TPSA) is 55.8 Å². The molecule has 0 N–H and O–H groups in total. The van der Waals surface area contributed by atoms with Crippen molar-refractivity contribution in [2.45, 2.75) is 11.5 Å². The first-order valence-corrected chi connectivity index (χ1v) is 9.20. The van der Waals surface area contributed by atoms with Crippen LogP contribution in [0.25, 0.3) is 0 Å². The van der Waals surface area contributed by atoms with Crippen LogP contribution in [0.1, 0.15) is 15.9 Å². The number of esters is 1. The Balaban J connectivity index is 2.08. The fourth-order valence-corrected chi connectivity index (χ4v) is 3.32. The molecular formula is C19H20ClNO4S. The number of halogens is 1. The van der Waals surface area contributed by atoms with Gasteiger partial charge in [-0.15, -0.1) is 11.8 Å². The molecule has 0 radical (unpaired) electrons. The second-order valence-electron chi connectivity index (χ2n) is 5.61. The zero-order valence-corrected chi connectivity index (χ0v) is 16.4. The van der Waals surface area contributed by atoms with Gasteiger partial charge in [0.15, 0.2) is 0 Å². The van der Waals surface area contributed by atoms with E-state index in [4.69, 9.17) is 21.1 Å². The summed E-state index contributed by atoms with van der Waals surface area (Å²) in [6.07, 6.45) is 0. The van der Waals surface area contributed by atoms with E-state index < -0.39 is 5.97 Å². The number of hydrogen-bond acceptors (Lipinski definition) is 5. The van der Waals surface area contributed by atoms with Gasteiger partial charge in [0.1, 0.15) is 12.4 Å². The standard InChI is InChI=1S/C19H20ClNO4S/c1-21(2)18(22)12-26-17-7-5-4-6-15(17)19(23)25-11-13-10-14(20)8-9-16(13)24-3/h4-10H,11-12H2,1-3H3. The van der Waals surface area contributed by atoms with E-state index in [0.717, 1.165) is 0 Å². The molecule has 26 heavy (non-hydrogen) atoms. The predicted octanol–water partition coefficient (Wildman–Crippen LogP) is 3.89. The Morgan fingerprint density at radius 2 is 1.88 bits per heavy atom. The first-order valence-electron chi connectivity index (χ1n) is 7.84. The van der Waals surface area contributed by atoms with E-state index in [1.165, 1.54) is 16.7 Å². The Morgan fingerprint density at radius 1 is 1.15 bits per heavy atom. The molecule has 0 saturated heterocycles. The SMILES string of the molecule is COc1ccc(Cl)cc1COC(=O)c1ccccc1SCC(=O)N(C)C. The van der Waals surface area contributed by atoms with E-state index in [0.29, 0.717) is 26.8 Å². The number of benzene rings is 2. The third kappa shape index (κ3) is 5.41. The number of rotatable bonds is 7. The highest BCUT2D eigenvalue weighted by molar-refractivity contribution is 8.00. The quantitative estimate of drug-likeness (QED) is 0.527. The lowest BCUT2D eigenvalue weighted by Gasteiger charge is -2.13. The fourth-order valence-electron chi connectivity index (χ4n) is 2.11. The predicted molar refractivity (Wildman–Crippen MR) is 103 cm³/mol. The molecule has 0 bridgehead atoms. The highest BCUT2D eigenvalue weighted by atomic mass is 35.5. The molecular weight excluding hydrogens is 374 g/mol. The van der Waals surface area contributed by atoms with Gasteiger partial charge in [-0.05, 0) is 30.3 Å². The average molecular weight is 394 g/mol. The van der Waals surface area contributed by atoms with Crippen molar-refractivity contribution in [3.63, 3.8) is 0 Å². The molecule has 0 fully saturated rings. The number of amides is 1. The van der Waals surface area contributed by atoms with Crippen LogP contribution in [0.4, 0.5) is 0 Å². The van der Waals surface area contributed by atoms with Crippen molar-refractivity contribution in [1.82, 2.24) is 4.90 Å². The van der Waals surface area contributed by atoms with Gasteiger partial charge >= 0.3 is 5.97 Å². The minimum atomic E-state index is -0.465. The molecule has 0 spiro atoms. The Morgan fingerprint density at radius 3 is 2.58 bits per heavy atom. The summed E-state index contributed by atoms with van der Waals surface area (Å²) in [5.74, 6) is 0.357. The van der Waals surface area contributed by atoms with Gasteiger partial charge in [0.2, 0.25) is 5.91 Å². The second-order valence-corrected chi connectivity index (χ2v) is 7.06. The van der Waals surface area contributed by atoms with E-state index in [2.05, 4.69) is 0 Å². The largest absolute Gasteiger partial charge is 0.496 e. The van der Waals surface area contributed by atoms with Crippen LogP contribution >= 0.6 is 23.4 Å².